The van der Waals surface area contributed by atoms with Gasteiger partial charge in [-0.3, -0.25) is 5.32 Å². The zero-order chi connectivity index (χ0) is 24.2. The fraction of sp³-hybridized carbons (Fsp3) is 0.321. The quantitative estimate of drug-likeness (QED) is 0.443. The molecule has 6 nitrogen and oxygen atoms in total. The summed E-state index contributed by atoms with van der Waals surface area (Å²) in [5, 5.41) is 2.85. The molecule has 0 fully saturated rings. The third kappa shape index (κ3) is 4.87. The Bertz CT molecular complexity index is 1140. The fourth-order valence-electron chi connectivity index (χ4n) is 4.55. The molecule has 0 aromatic heterocycles. The highest BCUT2D eigenvalue weighted by Gasteiger charge is 2.36. The summed E-state index contributed by atoms with van der Waals surface area (Å²) in [4.78, 5) is 14.7. The minimum Gasteiger partial charge on any atom is -0.497 e. The number of hydrogen-bond donors (Lipinski definition) is 2. The first-order valence-corrected chi connectivity index (χ1v) is 11.7. The molecule has 3 aromatic carbocycles. The highest BCUT2D eigenvalue weighted by molar-refractivity contribution is 5.84. The van der Waals surface area contributed by atoms with E-state index in [1.54, 1.807) is 7.11 Å². The molecule has 0 saturated heterocycles. The lowest BCUT2D eigenvalue weighted by atomic mass is 9.97. The molecule has 3 N–H and O–H groups in total. The van der Waals surface area contributed by atoms with Crippen LogP contribution in [0.25, 0.3) is 0 Å². The summed E-state index contributed by atoms with van der Waals surface area (Å²) < 4.78 is 10.9. The molecule has 0 radical (unpaired) electrons. The standard InChI is InChI=1S/C28H33N3O3/c1-5-31-25-16-23(33-4)13-14-24(25)26(29)27(31)21-7-6-8-22(15-21)30-28(32)34-17-19-9-11-20(12-10-19)18(2)3/h6-16,18,26-27H,5,17,29H2,1-4H3,(H,30,32). The average Bonchev–Trinajstić information content (AvgIpc) is 3.13. The summed E-state index contributed by atoms with van der Waals surface area (Å²) in [6.45, 7) is 7.44. The van der Waals surface area contributed by atoms with Gasteiger partial charge in [-0.05, 0) is 53.3 Å². The minimum absolute atomic E-state index is 0.0376. The normalized spacial score (nSPS) is 16.9. The van der Waals surface area contributed by atoms with E-state index in [9.17, 15) is 4.79 Å². The van der Waals surface area contributed by atoms with Crippen molar-refractivity contribution in [1.29, 1.82) is 0 Å². The topological polar surface area (TPSA) is 76.8 Å². The van der Waals surface area contributed by atoms with Crippen LogP contribution in [-0.2, 0) is 11.3 Å². The molecule has 1 amide bonds. The Labute approximate surface area is 201 Å². The van der Waals surface area contributed by atoms with Crippen molar-refractivity contribution in [3.05, 3.63) is 89.0 Å². The number of anilines is 2. The zero-order valence-electron chi connectivity index (χ0n) is 20.2. The Balaban J connectivity index is 1.44. The maximum atomic E-state index is 12.4. The Morgan fingerprint density at radius 3 is 2.53 bits per heavy atom. The van der Waals surface area contributed by atoms with Crippen LogP contribution >= 0.6 is 0 Å². The average molecular weight is 460 g/mol. The van der Waals surface area contributed by atoms with Crippen LogP contribution in [-0.4, -0.2) is 19.7 Å². The summed E-state index contributed by atoms with van der Waals surface area (Å²) in [6.07, 6.45) is -0.485. The number of hydrogen-bond acceptors (Lipinski definition) is 5. The van der Waals surface area contributed by atoms with Crippen molar-refractivity contribution in [3.63, 3.8) is 0 Å². The molecule has 3 aromatic rings. The number of benzene rings is 3. The summed E-state index contributed by atoms with van der Waals surface area (Å²) in [7, 11) is 1.67. The molecular formula is C28H33N3O3. The van der Waals surface area contributed by atoms with Crippen molar-refractivity contribution in [1.82, 2.24) is 0 Å². The van der Waals surface area contributed by atoms with E-state index in [0.717, 1.165) is 34.7 Å². The molecule has 2 atom stereocenters. The number of nitrogens with zero attached hydrogens (tertiary/aromatic N) is 1. The number of amides is 1. The van der Waals surface area contributed by atoms with E-state index in [1.807, 2.05) is 54.6 Å². The van der Waals surface area contributed by atoms with Gasteiger partial charge in [-0.1, -0.05) is 56.3 Å². The van der Waals surface area contributed by atoms with Crippen molar-refractivity contribution >= 4 is 17.5 Å². The molecule has 0 bridgehead atoms. The number of nitrogens with two attached hydrogens (primary N) is 1. The van der Waals surface area contributed by atoms with Crippen LogP contribution in [0.3, 0.4) is 0 Å². The van der Waals surface area contributed by atoms with Crippen molar-refractivity contribution in [2.45, 2.75) is 45.4 Å². The van der Waals surface area contributed by atoms with Crippen LogP contribution < -0.4 is 20.7 Å². The van der Waals surface area contributed by atoms with Gasteiger partial charge < -0.3 is 20.1 Å². The van der Waals surface area contributed by atoms with Gasteiger partial charge in [0.25, 0.3) is 0 Å². The largest absolute Gasteiger partial charge is 0.497 e. The molecule has 4 rings (SSSR count). The van der Waals surface area contributed by atoms with Crippen LogP contribution in [0.4, 0.5) is 16.2 Å². The van der Waals surface area contributed by atoms with Gasteiger partial charge in [0.15, 0.2) is 0 Å². The van der Waals surface area contributed by atoms with Gasteiger partial charge in [0.2, 0.25) is 0 Å². The van der Waals surface area contributed by atoms with E-state index in [1.165, 1.54) is 5.56 Å². The molecule has 6 heteroatoms. The molecule has 1 aliphatic heterocycles. The first-order chi connectivity index (χ1) is 16.4. The fourth-order valence-corrected chi connectivity index (χ4v) is 4.55. The Morgan fingerprint density at radius 1 is 1.09 bits per heavy atom. The molecule has 178 valence electrons. The lowest BCUT2D eigenvalue weighted by Gasteiger charge is -2.29. The maximum absolute atomic E-state index is 12.4. The van der Waals surface area contributed by atoms with Gasteiger partial charge in [-0.2, -0.15) is 0 Å². The van der Waals surface area contributed by atoms with Gasteiger partial charge in [0, 0.05) is 24.0 Å². The van der Waals surface area contributed by atoms with Crippen LogP contribution in [0.5, 0.6) is 5.75 Å². The summed E-state index contributed by atoms with van der Waals surface area (Å²) >= 11 is 0. The van der Waals surface area contributed by atoms with E-state index in [-0.39, 0.29) is 18.7 Å². The van der Waals surface area contributed by atoms with Gasteiger partial charge in [0.05, 0.1) is 19.2 Å². The van der Waals surface area contributed by atoms with Crippen LogP contribution in [0, 0.1) is 0 Å². The highest BCUT2D eigenvalue weighted by Crippen LogP contribution is 2.47. The van der Waals surface area contributed by atoms with E-state index in [2.05, 4.69) is 43.1 Å². The van der Waals surface area contributed by atoms with Crippen molar-refractivity contribution < 1.29 is 14.3 Å². The van der Waals surface area contributed by atoms with E-state index >= 15 is 0 Å². The number of carbonyl (C=O) groups excluding carboxylic acids is 1. The number of ether oxygens (including phenoxy) is 2. The molecule has 0 aliphatic carbocycles. The predicted octanol–water partition coefficient (Wildman–Crippen LogP) is 6.15. The van der Waals surface area contributed by atoms with Crippen LogP contribution in [0.2, 0.25) is 0 Å². The number of fused-ring (bicyclic) bond motifs is 1. The second kappa shape index (κ2) is 10.2. The Kier molecular flexibility index (Phi) is 7.08. The molecule has 0 saturated carbocycles. The summed E-state index contributed by atoms with van der Waals surface area (Å²) in [5.74, 6) is 1.28. The number of likely N-dealkylation sites (N-methyl/N-ethyl adjacent to an activating group) is 1. The van der Waals surface area contributed by atoms with E-state index in [4.69, 9.17) is 15.2 Å². The molecule has 34 heavy (non-hydrogen) atoms. The van der Waals surface area contributed by atoms with Crippen molar-refractivity contribution in [2.24, 2.45) is 5.73 Å². The number of rotatable bonds is 7. The number of methoxy groups -OCH3 is 1. The summed E-state index contributed by atoms with van der Waals surface area (Å²) in [6, 6.07) is 21.7. The maximum Gasteiger partial charge on any atom is 0.411 e. The predicted molar refractivity (Wildman–Crippen MR) is 136 cm³/mol. The first kappa shape index (κ1) is 23.6. The zero-order valence-corrected chi connectivity index (χ0v) is 20.2. The third-order valence-corrected chi connectivity index (χ3v) is 6.41. The molecule has 1 heterocycles. The Morgan fingerprint density at radius 2 is 1.85 bits per heavy atom. The first-order valence-electron chi connectivity index (χ1n) is 11.7. The van der Waals surface area contributed by atoms with Gasteiger partial charge in [-0.15, -0.1) is 0 Å². The smallest absolute Gasteiger partial charge is 0.411 e. The van der Waals surface area contributed by atoms with Crippen LogP contribution in [0.15, 0.2) is 66.7 Å². The number of nitrogens with one attached hydrogen (secondary N) is 1. The Hall–Kier alpha value is -3.51. The second-order valence-corrected chi connectivity index (χ2v) is 8.90. The van der Waals surface area contributed by atoms with E-state index in [0.29, 0.717) is 11.6 Å². The second-order valence-electron chi connectivity index (χ2n) is 8.90. The van der Waals surface area contributed by atoms with E-state index < -0.39 is 6.09 Å². The summed E-state index contributed by atoms with van der Waals surface area (Å²) in [5.41, 5.74) is 12.8. The SMILES string of the molecule is CCN1c2cc(OC)ccc2C(N)C1c1cccc(NC(=O)OCc2ccc(C(C)C)cc2)c1. The monoisotopic (exact) mass is 459 g/mol. The minimum atomic E-state index is -0.485. The van der Waals surface area contributed by atoms with Gasteiger partial charge >= 0.3 is 6.09 Å². The van der Waals surface area contributed by atoms with Gasteiger partial charge in [-0.25, -0.2) is 4.79 Å². The van der Waals surface area contributed by atoms with Gasteiger partial charge in [0.1, 0.15) is 12.4 Å². The molecular weight excluding hydrogens is 426 g/mol. The number of carbonyl (C=O) groups is 1. The lowest BCUT2D eigenvalue weighted by molar-refractivity contribution is 0.155. The molecule has 1 aliphatic rings. The van der Waals surface area contributed by atoms with Crippen LogP contribution in [0.1, 0.15) is 61.0 Å². The molecule has 2 unspecified atom stereocenters. The lowest BCUT2D eigenvalue weighted by Crippen LogP contribution is -2.29. The van der Waals surface area contributed by atoms with Crippen molar-refractivity contribution in [2.75, 3.05) is 23.9 Å². The van der Waals surface area contributed by atoms with Crippen molar-refractivity contribution in [3.8, 4) is 5.75 Å². The third-order valence-electron chi connectivity index (χ3n) is 6.41. The molecule has 0 spiro atoms. The highest BCUT2D eigenvalue weighted by atomic mass is 16.5.